The van der Waals surface area contributed by atoms with E-state index in [9.17, 15) is 0 Å². The monoisotopic (exact) mass is 386 g/mol. The molecule has 0 aliphatic carbocycles. The van der Waals surface area contributed by atoms with Crippen molar-refractivity contribution >= 4 is 11.3 Å². The average molecular weight is 386 g/mol. The number of hydrogen-bond acceptors (Lipinski definition) is 6. The zero-order valence-electron chi connectivity index (χ0n) is 15.8. The van der Waals surface area contributed by atoms with E-state index in [4.69, 9.17) is 13.9 Å². The molecule has 1 aromatic carbocycles. The van der Waals surface area contributed by atoms with Crippen molar-refractivity contribution in [2.75, 3.05) is 20.8 Å². The lowest BCUT2D eigenvalue weighted by Crippen LogP contribution is -3.10. The lowest BCUT2D eigenvalue weighted by molar-refractivity contribution is -0.948. The van der Waals surface area contributed by atoms with Crippen LogP contribution in [0.25, 0.3) is 10.8 Å². The minimum Gasteiger partial charge on any atom is -0.497 e. The summed E-state index contributed by atoms with van der Waals surface area (Å²) in [7, 11) is 3.41. The van der Waals surface area contributed by atoms with E-state index in [1.807, 2.05) is 29.6 Å². The van der Waals surface area contributed by atoms with Crippen LogP contribution in [0, 0.1) is 0 Å². The van der Waals surface area contributed by atoms with Crippen LogP contribution in [0.2, 0.25) is 0 Å². The molecule has 1 fully saturated rings. The molecule has 1 aliphatic heterocycles. The van der Waals surface area contributed by atoms with E-state index in [-0.39, 0.29) is 6.04 Å². The normalized spacial score (nSPS) is 20.6. The van der Waals surface area contributed by atoms with Gasteiger partial charge >= 0.3 is 0 Å². The van der Waals surface area contributed by atoms with Crippen LogP contribution in [-0.2, 0) is 0 Å². The van der Waals surface area contributed by atoms with Crippen LogP contribution >= 0.6 is 11.3 Å². The quantitative estimate of drug-likeness (QED) is 0.704. The Hall–Kier alpha value is -2.38. The molecule has 0 amide bonds. The number of likely N-dealkylation sites (tertiary alicyclic amines) is 1. The summed E-state index contributed by atoms with van der Waals surface area (Å²) in [6.45, 7) is 3.22. The highest BCUT2D eigenvalue weighted by Gasteiger charge is 2.38. The standard InChI is InChI=1S/C20H23N3O3S/c1-13(19-21-22-20(26-19)18-7-5-11-27-18)23-10-4-6-16(23)15-12-14(24-2)8-9-17(15)25-3/h5,7-9,11-13,16H,4,6,10H2,1-3H3/p+1/t13-,16-/m1/s1. The maximum Gasteiger partial charge on any atom is 0.274 e. The maximum absolute atomic E-state index is 6.00. The first-order valence-electron chi connectivity index (χ1n) is 9.16. The van der Waals surface area contributed by atoms with E-state index in [1.165, 1.54) is 10.5 Å². The van der Waals surface area contributed by atoms with Gasteiger partial charge in [0.05, 0.1) is 31.2 Å². The summed E-state index contributed by atoms with van der Waals surface area (Å²) in [4.78, 5) is 2.42. The van der Waals surface area contributed by atoms with E-state index in [0.717, 1.165) is 35.8 Å². The van der Waals surface area contributed by atoms with Crippen molar-refractivity contribution in [3.8, 4) is 22.3 Å². The molecule has 3 aromatic rings. The second-order valence-electron chi connectivity index (χ2n) is 6.77. The van der Waals surface area contributed by atoms with Gasteiger partial charge in [0.2, 0.25) is 0 Å². The van der Waals surface area contributed by atoms with E-state index in [1.54, 1.807) is 25.6 Å². The fourth-order valence-corrected chi connectivity index (χ4v) is 4.57. The number of hydrogen-bond donors (Lipinski definition) is 1. The molecule has 3 atom stereocenters. The summed E-state index contributed by atoms with van der Waals surface area (Å²) in [6, 6.07) is 10.4. The lowest BCUT2D eigenvalue weighted by Gasteiger charge is -2.27. The third-order valence-electron chi connectivity index (χ3n) is 5.32. The molecule has 3 heterocycles. The molecule has 1 aliphatic rings. The van der Waals surface area contributed by atoms with Crippen molar-refractivity contribution < 1.29 is 18.8 Å². The molecular weight excluding hydrogens is 362 g/mol. The first-order valence-corrected chi connectivity index (χ1v) is 10.0. The van der Waals surface area contributed by atoms with Crippen LogP contribution in [0.15, 0.2) is 40.1 Å². The van der Waals surface area contributed by atoms with Crippen LogP contribution in [0.1, 0.15) is 43.3 Å². The Morgan fingerprint density at radius 1 is 1.22 bits per heavy atom. The molecule has 0 radical (unpaired) electrons. The Labute approximate surface area is 162 Å². The molecule has 4 rings (SSSR count). The first-order chi connectivity index (χ1) is 13.2. The minimum absolute atomic E-state index is 0.106. The number of thiophene rings is 1. The Kier molecular flexibility index (Phi) is 5.13. The van der Waals surface area contributed by atoms with Crippen molar-refractivity contribution in [1.29, 1.82) is 0 Å². The number of nitrogens with zero attached hydrogens (tertiary/aromatic N) is 2. The minimum atomic E-state index is 0.106. The summed E-state index contributed by atoms with van der Waals surface area (Å²) >= 11 is 1.61. The van der Waals surface area contributed by atoms with Gasteiger partial charge in [0.15, 0.2) is 6.04 Å². The highest BCUT2D eigenvalue weighted by Crippen LogP contribution is 2.33. The third-order valence-corrected chi connectivity index (χ3v) is 6.18. The van der Waals surface area contributed by atoms with Crippen LogP contribution in [0.3, 0.4) is 0 Å². The highest BCUT2D eigenvalue weighted by molar-refractivity contribution is 7.13. The Morgan fingerprint density at radius 3 is 2.85 bits per heavy atom. The number of ether oxygens (including phenoxy) is 2. The molecule has 6 nitrogen and oxygen atoms in total. The van der Waals surface area contributed by atoms with Gasteiger partial charge in [0.1, 0.15) is 17.5 Å². The van der Waals surface area contributed by atoms with Gasteiger partial charge in [0, 0.05) is 12.8 Å². The number of nitrogens with one attached hydrogen (secondary N) is 1. The lowest BCUT2D eigenvalue weighted by atomic mass is 10.0. The van der Waals surface area contributed by atoms with Crippen molar-refractivity contribution in [3.63, 3.8) is 0 Å². The van der Waals surface area contributed by atoms with Crippen molar-refractivity contribution in [3.05, 3.63) is 47.2 Å². The summed E-state index contributed by atoms with van der Waals surface area (Å²) in [5.74, 6) is 3.03. The number of aromatic nitrogens is 2. The summed E-state index contributed by atoms with van der Waals surface area (Å²) < 4.78 is 17.1. The number of rotatable bonds is 6. The molecule has 1 unspecified atom stereocenters. The van der Waals surface area contributed by atoms with Gasteiger partial charge in [-0.15, -0.1) is 21.5 Å². The number of quaternary nitrogens is 1. The SMILES string of the molecule is COc1ccc(OC)c([C@H]2CCC[NH+]2[C@H](C)c2nnc(-c3cccs3)o2)c1. The van der Waals surface area contributed by atoms with Gasteiger partial charge in [0.25, 0.3) is 11.8 Å². The van der Waals surface area contributed by atoms with Crippen molar-refractivity contribution in [2.24, 2.45) is 0 Å². The van der Waals surface area contributed by atoms with Gasteiger partial charge < -0.3 is 18.8 Å². The second kappa shape index (κ2) is 7.70. The maximum atomic E-state index is 6.00. The molecule has 27 heavy (non-hydrogen) atoms. The zero-order chi connectivity index (χ0) is 18.8. The molecule has 1 N–H and O–H groups in total. The largest absolute Gasteiger partial charge is 0.497 e. The Balaban J connectivity index is 1.62. The smallest absolute Gasteiger partial charge is 0.274 e. The van der Waals surface area contributed by atoms with E-state index >= 15 is 0 Å². The van der Waals surface area contributed by atoms with E-state index in [0.29, 0.717) is 17.8 Å². The average Bonchev–Trinajstić information content (AvgIpc) is 3.47. The van der Waals surface area contributed by atoms with E-state index < -0.39 is 0 Å². The highest BCUT2D eigenvalue weighted by atomic mass is 32.1. The zero-order valence-corrected chi connectivity index (χ0v) is 16.6. The molecule has 1 saturated heterocycles. The van der Waals surface area contributed by atoms with Crippen molar-refractivity contribution in [2.45, 2.75) is 31.8 Å². The van der Waals surface area contributed by atoms with Crippen LogP contribution < -0.4 is 14.4 Å². The third kappa shape index (κ3) is 3.44. The topological polar surface area (TPSA) is 61.8 Å². The van der Waals surface area contributed by atoms with Gasteiger partial charge in [-0.05, 0) is 36.6 Å². The Bertz CT molecular complexity index is 894. The molecule has 0 saturated carbocycles. The Morgan fingerprint density at radius 2 is 2.11 bits per heavy atom. The van der Waals surface area contributed by atoms with Gasteiger partial charge in [-0.1, -0.05) is 6.07 Å². The molecule has 142 valence electrons. The first kappa shape index (κ1) is 18.0. The summed E-state index contributed by atoms with van der Waals surface area (Å²) in [5, 5.41) is 10.6. The van der Waals surface area contributed by atoms with Crippen molar-refractivity contribution in [1.82, 2.24) is 10.2 Å². The van der Waals surface area contributed by atoms with Crippen LogP contribution in [0.4, 0.5) is 0 Å². The second-order valence-corrected chi connectivity index (χ2v) is 7.72. The molecule has 0 spiro atoms. The fourth-order valence-electron chi connectivity index (χ4n) is 3.92. The summed E-state index contributed by atoms with van der Waals surface area (Å²) in [6.07, 6.45) is 2.24. The molecule has 7 heteroatoms. The molecule has 2 aromatic heterocycles. The van der Waals surface area contributed by atoms with Crippen LogP contribution in [0.5, 0.6) is 11.5 Å². The number of methoxy groups -OCH3 is 2. The van der Waals surface area contributed by atoms with Gasteiger partial charge in [-0.2, -0.15) is 0 Å². The van der Waals surface area contributed by atoms with E-state index in [2.05, 4.69) is 23.2 Å². The van der Waals surface area contributed by atoms with Gasteiger partial charge in [-0.3, -0.25) is 0 Å². The summed E-state index contributed by atoms with van der Waals surface area (Å²) in [5.41, 5.74) is 1.18. The van der Waals surface area contributed by atoms with Crippen LogP contribution in [-0.4, -0.2) is 31.0 Å². The predicted octanol–water partition coefficient (Wildman–Crippen LogP) is 3.30. The molecular formula is C20H24N3O3S+. The number of benzene rings is 1. The molecule has 0 bridgehead atoms. The fraction of sp³-hybridized carbons (Fsp3) is 0.400. The predicted molar refractivity (Wildman–Crippen MR) is 103 cm³/mol. The van der Waals surface area contributed by atoms with Gasteiger partial charge in [-0.25, -0.2) is 0 Å².